The molecule has 0 spiro atoms. The normalized spacial score (nSPS) is 11.9. The van der Waals surface area contributed by atoms with E-state index in [1.54, 1.807) is 32.1 Å². The minimum atomic E-state index is 0.354. The zero-order chi connectivity index (χ0) is 13.3. The molecule has 1 aliphatic rings. The first-order chi connectivity index (χ1) is 8.08. The van der Waals surface area contributed by atoms with Gasteiger partial charge in [-0.3, -0.25) is 6.08 Å². The summed E-state index contributed by atoms with van der Waals surface area (Å²) in [5.74, 6) is 0.354. The van der Waals surface area contributed by atoms with Gasteiger partial charge >= 0.3 is 24.8 Å². The number of aryl methyl sites for hydroxylation is 2. The van der Waals surface area contributed by atoms with Crippen molar-refractivity contribution in [2.24, 2.45) is 0 Å². The Kier molecular flexibility index (Phi) is 8.66. The molecule has 0 unspecified atom stereocenters. The van der Waals surface area contributed by atoms with Crippen LogP contribution in [0.1, 0.15) is 24.5 Å². The molecule has 2 rings (SSSR count). The van der Waals surface area contributed by atoms with Crippen molar-refractivity contribution in [3.8, 4) is 5.75 Å². The van der Waals surface area contributed by atoms with Gasteiger partial charge in [0.15, 0.2) is 0 Å². The zero-order valence-corrected chi connectivity index (χ0v) is 12.3. The Morgan fingerprint density at radius 3 is 1.88 bits per heavy atom. The van der Waals surface area contributed by atoms with E-state index in [2.05, 4.69) is 30.0 Å². The van der Waals surface area contributed by atoms with E-state index in [1.807, 2.05) is 19.9 Å². The molecule has 17 heavy (non-hydrogen) atoms. The summed E-state index contributed by atoms with van der Waals surface area (Å²) in [4.78, 5) is 3.25. The van der Waals surface area contributed by atoms with Crippen molar-refractivity contribution in [1.82, 2.24) is 0 Å². The number of benzene rings is 1. The van der Waals surface area contributed by atoms with Gasteiger partial charge in [-0.05, 0) is 37.1 Å². The first-order valence-corrected chi connectivity index (χ1v) is 6.55. The maximum atomic E-state index is 8.99. The number of allylic oxidation sites excluding steroid dienone is 4. The van der Waals surface area contributed by atoms with Crippen molar-refractivity contribution in [3.05, 3.63) is 53.1 Å². The Balaban J connectivity index is 0.000000278. The molecular weight excluding hydrogens is 244 g/mol. The van der Waals surface area contributed by atoms with E-state index in [0.717, 1.165) is 17.5 Å². The Morgan fingerprint density at radius 1 is 1.12 bits per heavy atom. The molecule has 1 aromatic rings. The summed E-state index contributed by atoms with van der Waals surface area (Å²) >= 11 is 1.75. The van der Waals surface area contributed by atoms with Crippen LogP contribution >= 0.6 is 0 Å². The van der Waals surface area contributed by atoms with Gasteiger partial charge in [0.25, 0.3) is 0 Å². The van der Waals surface area contributed by atoms with Crippen LogP contribution in [0.3, 0.4) is 0 Å². The van der Waals surface area contributed by atoms with Crippen LogP contribution in [0.4, 0.5) is 0 Å². The Morgan fingerprint density at radius 2 is 1.65 bits per heavy atom. The third-order valence-electron chi connectivity index (χ3n) is 2.07. The number of hydrogen-bond acceptors (Lipinski definition) is 1. The second-order valence-electron chi connectivity index (χ2n) is 3.81. The summed E-state index contributed by atoms with van der Waals surface area (Å²) in [7, 11) is 0. The van der Waals surface area contributed by atoms with Crippen molar-refractivity contribution in [1.29, 1.82) is 0 Å². The Hall–Kier alpha value is -0.916. The third kappa shape index (κ3) is 7.90. The van der Waals surface area contributed by atoms with Gasteiger partial charge in [0.1, 0.15) is 5.75 Å². The standard InChI is InChI=1S/C8H10O.C6H7.CH2.Ti/c1-6-3-7(2)5-8(9)4-6;1-6-4-2-3-5-6;;/h3-5,9H,1-2H3;2,4H,3H2,1H3;1H2;/q;-1;;+1. The minimum absolute atomic E-state index is 0.354. The second-order valence-corrected chi connectivity index (χ2v) is 3.81. The molecule has 1 aromatic carbocycles. The number of aromatic hydroxyl groups is 1. The van der Waals surface area contributed by atoms with Crippen molar-refractivity contribution < 1.29 is 25.1 Å². The molecule has 0 heterocycles. The molecule has 0 radical (unpaired) electrons. The van der Waals surface area contributed by atoms with Gasteiger partial charge in [0.2, 0.25) is 0 Å². The predicted octanol–water partition coefficient (Wildman–Crippen LogP) is 3.67. The molecule has 0 amide bonds. The summed E-state index contributed by atoms with van der Waals surface area (Å²) in [5.41, 5.74) is 3.48. The topological polar surface area (TPSA) is 20.2 Å². The first kappa shape index (κ1) is 16.1. The predicted molar refractivity (Wildman–Crippen MR) is 70.9 cm³/mol. The maximum absolute atomic E-state index is 8.99. The SMILES string of the molecule is CC1=[C-]CC=C1.Cc1cc(C)cc(O)c1.[CH2]=[Ti+]. The Labute approximate surface area is 116 Å². The molecule has 0 bridgehead atoms. The third-order valence-corrected chi connectivity index (χ3v) is 2.07. The van der Waals surface area contributed by atoms with E-state index in [9.17, 15) is 0 Å². The van der Waals surface area contributed by atoms with E-state index in [0.29, 0.717) is 5.75 Å². The van der Waals surface area contributed by atoms with E-state index < -0.39 is 0 Å². The number of rotatable bonds is 0. The summed E-state index contributed by atoms with van der Waals surface area (Å²) in [5, 5.41) is 8.99. The van der Waals surface area contributed by atoms with Crippen LogP contribution in [0.25, 0.3) is 0 Å². The van der Waals surface area contributed by atoms with Crippen molar-refractivity contribution >= 4 is 4.82 Å². The fraction of sp³-hybridized carbons (Fsp3) is 0.267. The molecule has 1 nitrogen and oxygen atoms in total. The molecular formula is C15H19OTi. The summed E-state index contributed by atoms with van der Waals surface area (Å²) in [6.07, 6.45) is 8.33. The molecule has 0 saturated carbocycles. The van der Waals surface area contributed by atoms with Crippen LogP contribution in [0.15, 0.2) is 35.9 Å². The Bertz CT molecular complexity index is 352. The molecule has 1 N–H and O–H groups in total. The van der Waals surface area contributed by atoms with Crippen LogP contribution < -0.4 is 0 Å². The van der Waals surface area contributed by atoms with Gasteiger partial charge in [-0.2, -0.15) is 6.08 Å². The van der Waals surface area contributed by atoms with Crippen molar-refractivity contribution in [2.45, 2.75) is 27.2 Å². The molecule has 2 heteroatoms. The first-order valence-electron chi connectivity index (χ1n) is 5.44. The number of phenolic OH excluding ortho intramolecular Hbond substituents is 1. The molecule has 0 aliphatic heterocycles. The van der Waals surface area contributed by atoms with Crippen molar-refractivity contribution in [3.63, 3.8) is 0 Å². The molecule has 0 aromatic heterocycles. The summed E-state index contributed by atoms with van der Waals surface area (Å²) in [6, 6.07) is 5.51. The summed E-state index contributed by atoms with van der Waals surface area (Å²) < 4.78 is 0. The molecule has 0 fully saturated rings. The van der Waals surface area contributed by atoms with Crippen LogP contribution in [-0.2, 0) is 20.0 Å². The quantitative estimate of drug-likeness (QED) is 0.559. The van der Waals surface area contributed by atoms with Gasteiger partial charge in [-0.15, -0.1) is 6.42 Å². The van der Waals surface area contributed by atoms with E-state index in [-0.39, 0.29) is 0 Å². The van der Waals surface area contributed by atoms with Gasteiger partial charge in [-0.25, -0.2) is 11.6 Å². The van der Waals surface area contributed by atoms with Gasteiger partial charge in [-0.1, -0.05) is 13.0 Å². The van der Waals surface area contributed by atoms with Gasteiger partial charge < -0.3 is 5.11 Å². The molecule has 0 atom stereocenters. The molecule has 89 valence electrons. The van der Waals surface area contributed by atoms with E-state index in [1.165, 1.54) is 5.57 Å². The zero-order valence-electron chi connectivity index (χ0n) is 10.7. The van der Waals surface area contributed by atoms with Crippen LogP contribution in [0.5, 0.6) is 5.75 Å². The average Bonchev–Trinajstić information content (AvgIpc) is 2.71. The van der Waals surface area contributed by atoms with Crippen LogP contribution in [0, 0.1) is 19.9 Å². The van der Waals surface area contributed by atoms with Crippen molar-refractivity contribution in [2.75, 3.05) is 0 Å². The molecule has 1 aliphatic carbocycles. The van der Waals surface area contributed by atoms with E-state index in [4.69, 9.17) is 5.11 Å². The van der Waals surface area contributed by atoms with E-state index >= 15 is 0 Å². The van der Waals surface area contributed by atoms with Gasteiger partial charge in [0, 0.05) is 0 Å². The number of hydrogen-bond donors (Lipinski definition) is 1. The molecule has 0 saturated heterocycles. The second kappa shape index (κ2) is 9.15. The fourth-order valence-corrected chi connectivity index (χ4v) is 1.47. The monoisotopic (exact) mass is 263 g/mol. The fourth-order valence-electron chi connectivity index (χ4n) is 1.47. The van der Waals surface area contributed by atoms with Crippen LogP contribution in [-0.4, -0.2) is 9.92 Å². The summed E-state index contributed by atoms with van der Waals surface area (Å²) in [6.45, 7) is 5.99. The average molecular weight is 263 g/mol. The number of phenols is 1. The van der Waals surface area contributed by atoms with Crippen LogP contribution in [0.2, 0.25) is 0 Å². The van der Waals surface area contributed by atoms with Gasteiger partial charge in [0.05, 0.1) is 0 Å².